The number of aliphatic carboxylic acids is 1. The summed E-state index contributed by atoms with van der Waals surface area (Å²) in [7, 11) is -16.3. The standard InChI is InChI=1S/C21H36N7O16P3S.C6H10O2/c1-21(2,16(31)19(32)24-4-3-12(29)23-5-6-48)8-41-47(38,39)44-46(36,37)40-7-11-15(43-45(33,34)35)14(30)20(42-11)28-10-27-13-17(22)25-9-26-18(13)28;1-2-3-4-5-6(7)8/h9-11,14-16,20,30-31,48H,3-8H2,1-2H3,(H,23,29)(H,24,32)(H,36,37)(H,38,39)(H2,22,25,26)(H2,33,34,35);2-3H,4-5H2,1H3,(H,7,8)/t11-,14-,15-,16?,20-;/m1./s1. The van der Waals surface area contributed by atoms with Gasteiger partial charge < -0.3 is 56.0 Å². The van der Waals surface area contributed by atoms with Gasteiger partial charge in [0.25, 0.3) is 0 Å². The molecule has 2 amide bonds. The number of aliphatic hydroxyl groups is 2. The van der Waals surface area contributed by atoms with Crippen LogP contribution >= 0.6 is 36.1 Å². The van der Waals surface area contributed by atoms with Gasteiger partial charge in [0.2, 0.25) is 11.8 Å². The average Bonchev–Trinajstić information content (AvgIpc) is 3.65. The second-order valence-corrected chi connectivity index (χ2v) is 17.0. The van der Waals surface area contributed by atoms with Crippen molar-refractivity contribution >= 4 is 70.9 Å². The van der Waals surface area contributed by atoms with Gasteiger partial charge in [-0.1, -0.05) is 26.0 Å². The number of carboxylic acids is 1. The first-order valence-electron chi connectivity index (χ1n) is 16.3. The molecule has 3 rings (SSSR count). The maximum Gasteiger partial charge on any atom is 0.481 e. The van der Waals surface area contributed by atoms with Gasteiger partial charge in [-0.3, -0.25) is 32.5 Å². The van der Waals surface area contributed by atoms with Gasteiger partial charge >= 0.3 is 29.4 Å². The Labute approximate surface area is 324 Å². The number of fused-ring (bicyclic) bond motifs is 1. The topological polar surface area (TPSA) is 384 Å². The number of amides is 2. The molecule has 11 N–H and O–H groups in total. The number of thiol groups is 1. The van der Waals surface area contributed by atoms with Crippen molar-refractivity contribution < 1.29 is 85.6 Å². The van der Waals surface area contributed by atoms with Crippen LogP contribution in [0.2, 0.25) is 0 Å². The zero-order chi connectivity index (χ0) is 42.5. The number of hydrogen-bond donors (Lipinski definition) is 11. The van der Waals surface area contributed by atoms with Crippen LogP contribution in [0.3, 0.4) is 0 Å². The molecule has 7 atom stereocenters. The first-order chi connectivity index (χ1) is 25.9. The van der Waals surface area contributed by atoms with E-state index < -0.39 is 84.6 Å². The van der Waals surface area contributed by atoms with Gasteiger partial charge in [0.1, 0.15) is 36.3 Å². The Bertz CT molecular complexity index is 1810. The summed E-state index contributed by atoms with van der Waals surface area (Å²) in [5.74, 6) is -1.68. The molecule has 2 aromatic heterocycles. The van der Waals surface area contributed by atoms with E-state index >= 15 is 0 Å². The summed E-state index contributed by atoms with van der Waals surface area (Å²) in [5.41, 5.74) is 4.30. The second kappa shape index (κ2) is 21.7. The number of allylic oxidation sites excluding steroid dienone is 2. The van der Waals surface area contributed by atoms with Crippen LogP contribution in [0.25, 0.3) is 11.2 Å². The lowest BCUT2D eigenvalue weighted by Crippen LogP contribution is -2.46. The van der Waals surface area contributed by atoms with Crippen molar-refractivity contribution in [3.63, 3.8) is 0 Å². The molecular weight excluding hydrogens is 835 g/mol. The van der Waals surface area contributed by atoms with Crippen molar-refractivity contribution in [3.05, 3.63) is 24.8 Å². The molecule has 0 spiro atoms. The number of anilines is 1. The Balaban J connectivity index is 0.00000122. The number of aromatic nitrogens is 4. The van der Waals surface area contributed by atoms with Crippen LogP contribution in [0.1, 0.15) is 46.3 Å². The minimum atomic E-state index is -5.54. The number of hydrogen-bond acceptors (Lipinski definition) is 18. The van der Waals surface area contributed by atoms with Crippen LogP contribution in [0, 0.1) is 5.41 Å². The number of carbonyl (C=O) groups excluding carboxylic acids is 2. The number of phosphoric acid groups is 3. The normalized spacial score (nSPS) is 21.5. The monoisotopic (exact) mass is 881 g/mol. The molecular formula is C27H46N7O18P3S. The van der Waals surface area contributed by atoms with E-state index in [1.54, 1.807) is 0 Å². The van der Waals surface area contributed by atoms with Crippen molar-refractivity contribution in [2.45, 2.75) is 70.7 Å². The number of nitrogens with one attached hydrogen (secondary N) is 2. The highest BCUT2D eigenvalue weighted by molar-refractivity contribution is 7.80. The maximum absolute atomic E-state index is 12.6. The van der Waals surface area contributed by atoms with E-state index in [4.69, 9.17) is 24.6 Å². The summed E-state index contributed by atoms with van der Waals surface area (Å²) >= 11 is 3.95. The molecule has 0 bridgehead atoms. The van der Waals surface area contributed by atoms with Crippen molar-refractivity contribution in [3.8, 4) is 0 Å². The smallest absolute Gasteiger partial charge is 0.481 e. The van der Waals surface area contributed by atoms with E-state index in [-0.39, 0.29) is 42.3 Å². The molecule has 1 aliphatic heterocycles. The Morgan fingerprint density at radius 2 is 1.73 bits per heavy atom. The molecule has 0 aromatic carbocycles. The van der Waals surface area contributed by atoms with E-state index in [2.05, 4.69) is 47.0 Å². The van der Waals surface area contributed by atoms with E-state index in [1.807, 2.05) is 19.1 Å². The van der Waals surface area contributed by atoms with Crippen molar-refractivity contribution in [1.82, 2.24) is 30.2 Å². The summed E-state index contributed by atoms with van der Waals surface area (Å²) in [5, 5.41) is 34.2. The van der Waals surface area contributed by atoms with Gasteiger partial charge in [-0.2, -0.15) is 16.9 Å². The lowest BCUT2D eigenvalue weighted by atomic mass is 9.87. The predicted molar refractivity (Wildman–Crippen MR) is 195 cm³/mol. The van der Waals surface area contributed by atoms with Gasteiger partial charge in [-0.15, -0.1) is 0 Å². The van der Waals surface area contributed by atoms with Gasteiger partial charge in [0.05, 0.1) is 19.5 Å². The lowest BCUT2D eigenvalue weighted by molar-refractivity contribution is -0.137. The molecule has 2 aromatic rings. The molecule has 1 aliphatic rings. The SMILES string of the molecule is CC(C)(COP(=O)(O)OP(=O)(O)OC[C@H]1O[C@@H](n2cnc3c(N)ncnc32)[C@H](O)[C@@H]1OP(=O)(O)O)C(O)C(=O)NCCC(=O)NCCS.CC=CCCC(=O)O. The lowest BCUT2D eigenvalue weighted by Gasteiger charge is -2.30. The average molecular weight is 882 g/mol. The molecule has 0 radical (unpaired) electrons. The van der Waals surface area contributed by atoms with Crippen molar-refractivity contribution in [2.24, 2.45) is 5.41 Å². The first-order valence-corrected chi connectivity index (χ1v) is 21.4. The highest BCUT2D eigenvalue weighted by Crippen LogP contribution is 2.61. The van der Waals surface area contributed by atoms with Crippen LogP contribution in [-0.2, 0) is 50.7 Å². The fourth-order valence-corrected chi connectivity index (χ4v) is 7.45. The van der Waals surface area contributed by atoms with Crippen LogP contribution in [0.15, 0.2) is 24.8 Å². The Hall–Kier alpha value is -2.90. The third kappa shape index (κ3) is 16.2. The number of nitrogens with two attached hydrogens (primary N) is 1. The minimum Gasteiger partial charge on any atom is -0.481 e. The zero-order valence-corrected chi connectivity index (χ0v) is 33.7. The fourth-order valence-electron chi connectivity index (χ4n) is 4.51. The molecule has 25 nitrogen and oxygen atoms in total. The molecule has 1 saturated heterocycles. The first kappa shape index (κ1) is 49.2. The molecule has 0 aliphatic carbocycles. The largest absolute Gasteiger partial charge is 0.481 e. The number of carbonyl (C=O) groups is 3. The van der Waals surface area contributed by atoms with E-state index in [0.717, 1.165) is 17.2 Å². The Morgan fingerprint density at radius 1 is 1.07 bits per heavy atom. The Kier molecular flexibility index (Phi) is 19.1. The molecule has 56 heavy (non-hydrogen) atoms. The number of rotatable bonds is 21. The van der Waals surface area contributed by atoms with Gasteiger partial charge in [0.15, 0.2) is 17.7 Å². The minimum absolute atomic E-state index is 0.0363. The quantitative estimate of drug-likeness (QED) is 0.0438. The number of imidazole rings is 1. The fraction of sp³-hybridized carbons (Fsp3) is 0.630. The van der Waals surface area contributed by atoms with E-state index in [0.29, 0.717) is 18.7 Å². The van der Waals surface area contributed by atoms with Gasteiger partial charge in [0, 0.05) is 37.1 Å². The van der Waals surface area contributed by atoms with Crippen LogP contribution < -0.4 is 16.4 Å². The molecule has 3 unspecified atom stereocenters. The van der Waals surface area contributed by atoms with Crippen molar-refractivity contribution in [2.75, 3.05) is 37.8 Å². The van der Waals surface area contributed by atoms with Crippen molar-refractivity contribution in [1.29, 1.82) is 0 Å². The van der Waals surface area contributed by atoms with Crippen LogP contribution in [-0.4, -0.2) is 129 Å². The number of carboxylic acid groups (broad SMARTS) is 1. The summed E-state index contributed by atoms with van der Waals surface area (Å²) < 4.78 is 61.7. The predicted octanol–water partition coefficient (Wildman–Crippen LogP) is -0.238. The molecule has 318 valence electrons. The summed E-state index contributed by atoms with van der Waals surface area (Å²) in [6.45, 7) is 2.60. The Morgan fingerprint density at radius 3 is 2.34 bits per heavy atom. The summed E-state index contributed by atoms with van der Waals surface area (Å²) in [4.78, 5) is 84.5. The second-order valence-electron chi connectivity index (χ2n) is 12.3. The van der Waals surface area contributed by atoms with E-state index in [1.165, 1.54) is 13.8 Å². The highest BCUT2D eigenvalue weighted by Gasteiger charge is 2.50. The third-order valence-electron chi connectivity index (χ3n) is 7.27. The van der Waals surface area contributed by atoms with E-state index in [9.17, 15) is 57.9 Å². The zero-order valence-electron chi connectivity index (χ0n) is 30.1. The molecule has 1 fully saturated rings. The van der Waals surface area contributed by atoms with Crippen LogP contribution in [0.5, 0.6) is 0 Å². The maximum atomic E-state index is 12.6. The summed E-state index contributed by atoms with van der Waals surface area (Å²) in [6, 6.07) is 0. The van der Waals surface area contributed by atoms with Gasteiger partial charge in [-0.05, 0) is 13.3 Å². The van der Waals surface area contributed by atoms with Gasteiger partial charge in [-0.25, -0.2) is 28.6 Å². The molecule has 0 saturated carbocycles. The van der Waals surface area contributed by atoms with Crippen LogP contribution in [0.4, 0.5) is 5.82 Å². The number of ether oxygens (including phenoxy) is 1. The summed E-state index contributed by atoms with van der Waals surface area (Å²) in [6.07, 6.45) is -2.16. The molecule has 3 heterocycles. The number of aliphatic hydroxyl groups excluding tert-OH is 2. The third-order valence-corrected chi connectivity index (χ3v) is 10.6. The number of nitrogens with zero attached hydrogens (tertiary/aromatic N) is 4. The number of nitrogen functional groups attached to an aromatic ring is 1. The molecule has 29 heteroatoms. The number of phosphoric ester groups is 3. The highest BCUT2D eigenvalue weighted by atomic mass is 32.1.